The van der Waals surface area contributed by atoms with Crippen LogP contribution < -0.4 is 5.32 Å². The van der Waals surface area contributed by atoms with Crippen molar-refractivity contribution < 1.29 is 8.42 Å². The van der Waals surface area contributed by atoms with E-state index in [1.54, 1.807) is 7.05 Å². The first-order valence-electron chi connectivity index (χ1n) is 5.52. The second-order valence-corrected chi connectivity index (χ2v) is 7.53. The molecule has 1 heterocycles. The number of anilines is 1. The van der Waals surface area contributed by atoms with Crippen LogP contribution >= 0.6 is 23.7 Å². The number of hydrogen-bond acceptors (Lipinski definition) is 5. The van der Waals surface area contributed by atoms with E-state index in [4.69, 9.17) is 0 Å². The van der Waals surface area contributed by atoms with Crippen LogP contribution in [0.5, 0.6) is 0 Å². The molecule has 0 radical (unpaired) electrons. The molecule has 0 atom stereocenters. The third-order valence-electron chi connectivity index (χ3n) is 2.97. The fraction of sp³-hybridized carbons (Fsp3) is 0.700. The van der Waals surface area contributed by atoms with Gasteiger partial charge in [-0.05, 0) is 12.8 Å². The van der Waals surface area contributed by atoms with E-state index in [-0.39, 0.29) is 17.7 Å². The Morgan fingerprint density at radius 2 is 2.00 bits per heavy atom. The van der Waals surface area contributed by atoms with Gasteiger partial charge in [-0.25, -0.2) is 13.4 Å². The Bertz CT molecular complexity index is 453. The molecule has 0 bridgehead atoms. The molecule has 0 aromatic carbocycles. The van der Waals surface area contributed by atoms with Crippen molar-refractivity contribution in [3.63, 3.8) is 0 Å². The average Bonchev–Trinajstić information content (AvgIpc) is 2.79. The minimum Gasteiger partial charge on any atom is -0.365 e. The summed E-state index contributed by atoms with van der Waals surface area (Å²) in [4.78, 5) is 4.02. The maximum absolute atomic E-state index is 12.3. The van der Waals surface area contributed by atoms with E-state index in [0.29, 0.717) is 9.34 Å². The summed E-state index contributed by atoms with van der Waals surface area (Å²) < 4.78 is 24.9. The summed E-state index contributed by atoms with van der Waals surface area (Å²) in [5, 5.41) is 3.34. The van der Waals surface area contributed by atoms with E-state index in [9.17, 15) is 8.42 Å². The average molecular weight is 297 g/mol. The number of nitrogens with zero attached hydrogens (tertiary/aromatic N) is 1. The zero-order valence-corrected chi connectivity index (χ0v) is 12.1. The maximum atomic E-state index is 12.3. The molecule has 1 aliphatic rings. The minimum absolute atomic E-state index is 0. The molecule has 17 heavy (non-hydrogen) atoms. The van der Waals surface area contributed by atoms with Crippen LogP contribution in [0.2, 0.25) is 0 Å². The molecule has 1 aromatic rings. The van der Waals surface area contributed by atoms with E-state index in [2.05, 4.69) is 10.3 Å². The van der Waals surface area contributed by atoms with Crippen molar-refractivity contribution in [3.05, 3.63) is 6.20 Å². The predicted molar refractivity (Wildman–Crippen MR) is 73.0 cm³/mol. The second kappa shape index (κ2) is 6.02. The molecule has 0 aliphatic heterocycles. The first kappa shape index (κ1) is 14.7. The van der Waals surface area contributed by atoms with Gasteiger partial charge in [-0.1, -0.05) is 30.6 Å². The molecule has 1 aliphatic carbocycles. The quantitative estimate of drug-likeness (QED) is 0.932. The molecule has 4 nitrogen and oxygen atoms in total. The van der Waals surface area contributed by atoms with E-state index in [0.717, 1.165) is 32.1 Å². The number of rotatable bonds is 3. The first-order valence-corrected chi connectivity index (χ1v) is 7.88. The van der Waals surface area contributed by atoms with Crippen LogP contribution in [0.3, 0.4) is 0 Å². The number of hydrogen-bond donors (Lipinski definition) is 1. The van der Waals surface area contributed by atoms with Crippen LogP contribution in [0.4, 0.5) is 5.13 Å². The van der Waals surface area contributed by atoms with Crippen molar-refractivity contribution in [1.29, 1.82) is 0 Å². The van der Waals surface area contributed by atoms with E-state index in [1.807, 2.05) is 0 Å². The Morgan fingerprint density at radius 1 is 1.35 bits per heavy atom. The molecule has 1 aromatic heterocycles. The van der Waals surface area contributed by atoms with Gasteiger partial charge in [0.25, 0.3) is 0 Å². The number of halogens is 1. The van der Waals surface area contributed by atoms with Crippen molar-refractivity contribution in [2.75, 3.05) is 12.4 Å². The molecule has 1 N–H and O–H groups in total. The minimum atomic E-state index is -3.14. The Hall–Kier alpha value is -0.330. The Kier molecular flexibility index (Phi) is 5.22. The number of sulfone groups is 1. The molecule has 7 heteroatoms. The van der Waals surface area contributed by atoms with E-state index < -0.39 is 9.84 Å². The fourth-order valence-electron chi connectivity index (χ4n) is 2.05. The lowest BCUT2D eigenvalue weighted by Gasteiger charge is -2.20. The standard InChI is InChI=1S/C10H16N2O2S2.ClH/c1-11-10-12-7-9(15-10)16(13,14)8-5-3-2-4-6-8;/h7-8H,2-6H2,1H3,(H,11,12);1H. The van der Waals surface area contributed by atoms with Gasteiger partial charge in [-0.3, -0.25) is 0 Å². The molecule has 98 valence electrons. The molecule has 0 saturated heterocycles. The van der Waals surface area contributed by atoms with Crippen molar-refractivity contribution in [3.8, 4) is 0 Å². The van der Waals surface area contributed by atoms with Gasteiger partial charge in [0.15, 0.2) is 15.0 Å². The summed E-state index contributed by atoms with van der Waals surface area (Å²) in [5.74, 6) is 0. The second-order valence-electron chi connectivity index (χ2n) is 4.04. The predicted octanol–water partition coefficient (Wildman–Crippen LogP) is 2.71. The maximum Gasteiger partial charge on any atom is 0.192 e. The van der Waals surface area contributed by atoms with Crippen molar-refractivity contribution in [2.24, 2.45) is 0 Å². The zero-order chi connectivity index (χ0) is 11.6. The Labute approximate surface area is 112 Å². The van der Waals surface area contributed by atoms with Gasteiger partial charge >= 0.3 is 0 Å². The van der Waals surface area contributed by atoms with Crippen LogP contribution in [0, 0.1) is 0 Å². The smallest absolute Gasteiger partial charge is 0.192 e. The molecular weight excluding hydrogens is 280 g/mol. The van der Waals surface area contributed by atoms with Gasteiger partial charge < -0.3 is 5.32 Å². The number of nitrogens with one attached hydrogen (secondary N) is 1. The molecule has 0 amide bonds. The normalized spacial score (nSPS) is 17.5. The molecular formula is C10H17ClN2O2S2. The Balaban J connectivity index is 0.00000144. The van der Waals surface area contributed by atoms with Crippen LogP contribution in [-0.2, 0) is 9.84 Å². The highest BCUT2D eigenvalue weighted by molar-refractivity contribution is 7.94. The van der Waals surface area contributed by atoms with Crippen LogP contribution in [-0.4, -0.2) is 25.7 Å². The largest absolute Gasteiger partial charge is 0.365 e. The van der Waals surface area contributed by atoms with Crippen LogP contribution in [0.25, 0.3) is 0 Å². The van der Waals surface area contributed by atoms with Gasteiger partial charge in [0.05, 0.1) is 11.4 Å². The van der Waals surface area contributed by atoms with Crippen molar-refractivity contribution in [1.82, 2.24) is 4.98 Å². The monoisotopic (exact) mass is 296 g/mol. The van der Waals surface area contributed by atoms with E-state index in [1.165, 1.54) is 17.5 Å². The SMILES string of the molecule is CNc1ncc(S(=O)(=O)C2CCCCC2)s1.Cl. The van der Waals surface area contributed by atoms with Gasteiger partial charge in [0.1, 0.15) is 4.21 Å². The highest BCUT2D eigenvalue weighted by atomic mass is 35.5. The van der Waals surface area contributed by atoms with Crippen LogP contribution in [0.1, 0.15) is 32.1 Å². The van der Waals surface area contributed by atoms with Crippen molar-refractivity contribution in [2.45, 2.75) is 41.6 Å². The summed E-state index contributed by atoms with van der Waals surface area (Å²) in [6.07, 6.45) is 6.30. The third-order valence-corrected chi connectivity index (χ3v) is 6.74. The third kappa shape index (κ3) is 3.11. The highest BCUT2D eigenvalue weighted by Crippen LogP contribution is 2.32. The van der Waals surface area contributed by atoms with E-state index >= 15 is 0 Å². The first-order chi connectivity index (χ1) is 7.64. The van der Waals surface area contributed by atoms with Crippen molar-refractivity contribution >= 4 is 38.7 Å². The molecule has 1 fully saturated rings. The van der Waals surface area contributed by atoms with Gasteiger partial charge in [-0.15, -0.1) is 12.4 Å². The summed E-state index contributed by atoms with van der Waals surface area (Å²) in [6.45, 7) is 0. The summed E-state index contributed by atoms with van der Waals surface area (Å²) >= 11 is 1.22. The molecule has 0 spiro atoms. The summed E-state index contributed by atoms with van der Waals surface area (Å²) in [6, 6.07) is 0. The van der Waals surface area contributed by atoms with Gasteiger partial charge in [-0.2, -0.15) is 0 Å². The topological polar surface area (TPSA) is 59.1 Å². The lowest BCUT2D eigenvalue weighted by Crippen LogP contribution is -2.23. The molecule has 2 rings (SSSR count). The zero-order valence-electron chi connectivity index (χ0n) is 9.68. The van der Waals surface area contributed by atoms with Gasteiger partial charge in [0, 0.05) is 7.05 Å². The lowest BCUT2D eigenvalue weighted by molar-refractivity contribution is 0.484. The molecule has 1 saturated carbocycles. The number of thiazole rings is 1. The Morgan fingerprint density at radius 3 is 2.53 bits per heavy atom. The number of aromatic nitrogens is 1. The molecule has 0 unspecified atom stereocenters. The summed E-state index contributed by atoms with van der Waals surface area (Å²) in [5.41, 5.74) is 0. The van der Waals surface area contributed by atoms with Crippen LogP contribution in [0.15, 0.2) is 10.4 Å². The van der Waals surface area contributed by atoms with Gasteiger partial charge in [0.2, 0.25) is 0 Å². The summed E-state index contributed by atoms with van der Waals surface area (Å²) in [7, 11) is -1.39. The lowest BCUT2D eigenvalue weighted by atomic mass is 10.0. The highest BCUT2D eigenvalue weighted by Gasteiger charge is 2.30. The fourth-order valence-corrected chi connectivity index (χ4v) is 5.14.